The van der Waals surface area contributed by atoms with Crippen molar-refractivity contribution in [1.82, 2.24) is 0 Å². The largest absolute Gasteiger partial charge is 0.457 e. The number of hydrogen-bond acceptors (Lipinski definition) is 2. The molecule has 0 amide bonds. The minimum Gasteiger partial charge on any atom is -0.457 e. The normalized spacial score (nSPS) is 10.5. The molecule has 0 heterocycles. The number of ether oxygens (including phenoxy) is 1. The zero-order valence-electron chi connectivity index (χ0n) is 10.4. The maximum atomic E-state index is 13.0. The Morgan fingerprint density at radius 3 is 2.21 bits per heavy atom. The second-order valence-corrected chi connectivity index (χ2v) is 4.21. The molecule has 2 aromatic carbocycles. The SMILES string of the molecule is NCCCc1ccc(Oc2ccc(F)c(F)c2)cc1. The van der Waals surface area contributed by atoms with Gasteiger partial charge in [-0.1, -0.05) is 12.1 Å². The summed E-state index contributed by atoms with van der Waals surface area (Å²) < 4.78 is 31.2. The van der Waals surface area contributed by atoms with Crippen molar-refractivity contribution >= 4 is 0 Å². The number of benzene rings is 2. The topological polar surface area (TPSA) is 35.2 Å². The second-order valence-electron chi connectivity index (χ2n) is 4.21. The summed E-state index contributed by atoms with van der Waals surface area (Å²) in [4.78, 5) is 0. The standard InChI is InChI=1S/C15H15F2NO/c16-14-8-7-13(10-15(14)17)19-12-5-3-11(4-6-12)2-1-9-18/h3-8,10H,1-2,9,18H2. The molecule has 0 aliphatic rings. The molecule has 0 radical (unpaired) electrons. The van der Waals surface area contributed by atoms with E-state index < -0.39 is 11.6 Å². The Balaban J connectivity index is 2.04. The van der Waals surface area contributed by atoms with Crippen LogP contribution in [0.4, 0.5) is 8.78 Å². The molecule has 0 saturated heterocycles. The zero-order chi connectivity index (χ0) is 13.7. The van der Waals surface area contributed by atoms with Gasteiger partial charge in [0.15, 0.2) is 11.6 Å². The average Bonchev–Trinajstić information content (AvgIpc) is 2.42. The molecule has 2 N–H and O–H groups in total. The molecule has 2 aromatic rings. The summed E-state index contributed by atoms with van der Waals surface area (Å²) in [5.74, 6) is -0.947. The van der Waals surface area contributed by atoms with Gasteiger partial charge in [0.2, 0.25) is 0 Å². The van der Waals surface area contributed by atoms with Gasteiger partial charge in [-0.05, 0) is 49.2 Å². The van der Waals surface area contributed by atoms with E-state index in [2.05, 4.69) is 0 Å². The lowest BCUT2D eigenvalue weighted by atomic mass is 10.1. The first-order valence-corrected chi connectivity index (χ1v) is 6.11. The van der Waals surface area contributed by atoms with E-state index >= 15 is 0 Å². The number of nitrogens with two attached hydrogens (primary N) is 1. The van der Waals surface area contributed by atoms with Crippen LogP contribution in [0, 0.1) is 11.6 Å². The van der Waals surface area contributed by atoms with E-state index in [-0.39, 0.29) is 5.75 Å². The molecule has 2 nitrogen and oxygen atoms in total. The highest BCUT2D eigenvalue weighted by Crippen LogP contribution is 2.23. The lowest BCUT2D eigenvalue weighted by molar-refractivity contribution is 0.461. The molecule has 19 heavy (non-hydrogen) atoms. The van der Waals surface area contributed by atoms with Crippen LogP contribution >= 0.6 is 0 Å². The summed E-state index contributed by atoms with van der Waals surface area (Å²) in [6.07, 6.45) is 1.85. The predicted molar refractivity (Wildman–Crippen MR) is 70.2 cm³/mol. The molecule has 0 aliphatic carbocycles. The van der Waals surface area contributed by atoms with E-state index in [4.69, 9.17) is 10.5 Å². The summed E-state index contributed by atoms with van der Waals surface area (Å²) in [6, 6.07) is 10.9. The van der Waals surface area contributed by atoms with Crippen LogP contribution in [0.2, 0.25) is 0 Å². The fourth-order valence-electron chi connectivity index (χ4n) is 1.71. The summed E-state index contributed by atoms with van der Waals surface area (Å²) in [6.45, 7) is 0.660. The quantitative estimate of drug-likeness (QED) is 0.893. The van der Waals surface area contributed by atoms with Gasteiger partial charge in [-0.2, -0.15) is 0 Å². The maximum absolute atomic E-state index is 13.0. The van der Waals surface area contributed by atoms with Gasteiger partial charge in [-0.25, -0.2) is 8.78 Å². The summed E-state index contributed by atoms with van der Waals surface area (Å²) in [7, 11) is 0. The predicted octanol–water partition coefficient (Wildman–Crippen LogP) is 3.65. The Morgan fingerprint density at radius 2 is 1.58 bits per heavy atom. The third kappa shape index (κ3) is 3.76. The van der Waals surface area contributed by atoms with Crippen molar-refractivity contribution in [1.29, 1.82) is 0 Å². The van der Waals surface area contributed by atoms with Crippen LogP contribution in [-0.2, 0) is 6.42 Å². The van der Waals surface area contributed by atoms with Crippen molar-refractivity contribution in [3.05, 3.63) is 59.7 Å². The summed E-state index contributed by atoms with van der Waals surface area (Å²) in [5.41, 5.74) is 6.61. The first kappa shape index (κ1) is 13.5. The van der Waals surface area contributed by atoms with E-state index in [0.717, 1.165) is 25.0 Å². The number of rotatable bonds is 5. The van der Waals surface area contributed by atoms with Crippen molar-refractivity contribution in [2.24, 2.45) is 5.73 Å². The molecule has 0 atom stereocenters. The highest BCUT2D eigenvalue weighted by Gasteiger charge is 2.04. The van der Waals surface area contributed by atoms with Crippen LogP contribution in [0.15, 0.2) is 42.5 Å². The Kier molecular flexibility index (Phi) is 4.47. The van der Waals surface area contributed by atoms with Gasteiger partial charge in [-0.3, -0.25) is 0 Å². The molecule has 0 saturated carbocycles. The van der Waals surface area contributed by atoms with Gasteiger partial charge in [0.25, 0.3) is 0 Å². The number of halogens is 2. The molecule has 0 aliphatic heterocycles. The first-order chi connectivity index (χ1) is 9.19. The van der Waals surface area contributed by atoms with Gasteiger partial charge < -0.3 is 10.5 Å². The Bertz CT molecular complexity index is 540. The van der Waals surface area contributed by atoms with Gasteiger partial charge in [0.05, 0.1) is 0 Å². The smallest absolute Gasteiger partial charge is 0.162 e. The molecule has 100 valence electrons. The van der Waals surface area contributed by atoms with Crippen LogP contribution < -0.4 is 10.5 Å². The minimum absolute atomic E-state index is 0.272. The van der Waals surface area contributed by atoms with Gasteiger partial charge in [0.1, 0.15) is 11.5 Å². The first-order valence-electron chi connectivity index (χ1n) is 6.11. The Labute approximate surface area is 110 Å². The van der Waals surface area contributed by atoms with E-state index in [1.54, 1.807) is 12.1 Å². The van der Waals surface area contributed by atoms with Crippen molar-refractivity contribution in [3.63, 3.8) is 0 Å². The number of aryl methyl sites for hydroxylation is 1. The molecule has 0 unspecified atom stereocenters. The van der Waals surface area contributed by atoms with Crippen LogP contribution in [0.1, 0.15) is 12.0 Å². The van der Waals surface area contributed by atoms with Gasteiger partial charge in [-0.15, -0.1) is 0 Å². The molecule has 0 aromatic heterocycles. The fraction of sp³-hybridized carbons (Fsp3) is 0.200. The Morgan fingerprint density at radius 1 is 0.895 bits per heavy atom. The number of hydrogen-bond donors (Lipinski definition) is 1. The fourth-order valence-corrected chi connectivity index (χ4v) is 1.71. The van der Waals surface area contributed by atoms with E-state index in [1.807, 2.05) is 12.1 Å². The van der Waals surface area contributed by atoms with E-state index in [9.17, 15) is 8.78 Å². The summed E-state index contributed by atoms with van der Waals surface area (Å²) in [5, 5.41) is 0. The van der Waals surface area contributed by atoms with Crippen LogP contribution in [-0.4, -0.2) is 6.54 Å². The van der Waals surface area contributed by atoms with Crippen LogP contribution in [0.3, 0.4) is 0 Å². The summed E-state index contributed by atoms with van der Waals surface area (Å²) >= 11 is 0. The highest BCUT2D eigenvalue weighted by atomic mass is 19.2. The minimum atomic E-state index is -0.919. The van der Waals surface area contributed by atoms with Crippen LogP contribution in [0.5, 0.6) is 11.5 Å². The molecule has 4 heteroatoms. The van der Waals surface area contributed by atoms with E-state index in [1.165, 1.54) is 11.6 Å². The zero-order valence-corrected chi connectivity index (χ0v) is 10.4. The van der Waals surface area contributed by atoms with Gasteiger partial charge in [0, 0.05) is 6.07 Å². The molecular formula is C15H15F2NO. The average molecular weight is 263 g/mol. The molecule has 0 fully saturated rings. The lowest BCUT2D eigenvalue weighted by Crippen LogP contribution is -2.00. The lowest BCUT2D eigenvalue weighted by Gasteiger charge is -2.07. The van der Waals surface area contributed by atoms with Crippen molar-refractivity contribution in [3.8, 4) is 11.5 Å². The van der Waals surface area contributed by atoms with E-state index in [0.29, 0.717) is 12.3 Å². The molecule has 2 rings (SSSR count). The Hall–Kier alpha value is -1.94. The third-order valence-electron chi connectivity index (χ3n) is 2.72. The second kappa shape index (κ2) is 6.29. The molecular weight excluding hydrogens is 248 g/mol. The van der Waals surface area contributed by atoms with Crippen molar-refractivity contribution in [2.75, 3.05) is 6.54 Å². The monoisotopic (exact) mass is 263 g/mol. The maximum Gasteiger partial charge on any atom is 0.162 e. The molecule has 0 spiro atoms. The highest BCUT2D eigenvalue weighted by molar-refractivity contribution is 5.33. The van der Waals surface area contributed by atoms with Crippen molar-refractivity contribution in [2.45, 2.75) is 12.8 Å². The molecule has 0 bridgehead atoms. The van der Waals surface area contributed by atoms with Gasteiger partial charge >= 0.3 is 0 Å². The van der Waals surface area contributed by atoms with Crippen LogP contribution in [0.25, 0.3) is 0 Å². The van der Waals surface area contributed by atoms with Crippen molar-refractivity contribution < 1.29 is 13.5 Å². The third-order valence-corrected chi connectivity index (χ3v) is 2.72.